The Balaban J connectivity index is 1.71. The van der Waals surface area contributed by atoms with Crippen LogP contribution >= 0.6 is 0 Å². The SMILES string of the molecule is O=C(Nc1ccc(-c2c(C(F)(F)F)cc3c(CO)cccn23)cc1)c1cc(F)c(F)cc1F. The molecule has 0 aliphatic heterocycles. The molecule has 10 heteroatoms. The molecule has 0 unspecified atom stereocenters. The summed E-state index contributed by atoms with van der Waals surface area (Å²) < 4.78 is 82.7. The lowest BCUT2D eigenvalue weighted by Crippen LogP contribution is -2.14. The van der Waals surface area contributed by atoms with Gasteiger partial charge in [-0.3, -0.25) is 4.79 Å². The molecule has 0 aliphatic rings. The fourth-order valence-corrected chi connectivity index (χ4v) is 3.51. The molecule has 0 bridgehead atoms. The van der Waals surface area contributed by atoms with E-state index in [0.29, 0.717) is 11.6 Å². The van der Waals surface area contributed by atoms with Gasteiger partial charge in [-0.25, -0.2) is 13.2 Å². The summed E-state index contributed by atoms with van der Waals surface area (Å²) in [6.07, 6.45) is -3.24. The van der Waals surface area contributed by atoms with Crippen LogP contribution in [0.4, 0.5) is 32.0 Å². The third kappa shape index (κ3) is 4.17. The Hall–Kier alpha value is -3.79. The molecule has 0 aliphatic carbocycles. The first-order valence-electron chi connectivity index (χ1n) is 9.47. The van der Waals surface area contributed by atoms with Crippen molar-refractivity contribution in [3.63, 3.8) is 0 Å². The highest BCUT2D eigenvalue weighted by molar-refractivity contribution is 6.04. The van der Waals surface area contributed by atoms with Crippen LogP contribution in [0.1, 0.15) is 21.5 Å². The molecule has 2 heterocycles. The molecule has 2 N–H and O–H groups in total. The molecule has 0 saturated heterocycles. The van der Waals surface area contributed by atoms with Gasteiger partial charge in [0, 0.05) is 23.5 Å². The monoisotopic (exact) mass is 464 g/mol. The van der Waals surface area contributed by atoms with Crippen LogP contribution in [-0.2, 0) is 12.8 Å². The summed E-state index contributed by atoms with van der Waals surface area (Å²) >= 11 is 0. The number of carbonyl (C=O) groups excluding carboxylic acids is 1. The molecular formula is C23H14F6N2O2. The van der Waals surface area contributed by atoms with Crippen molar-refractivity contribution < 1.29 is 36.2 Å². The fourth-order valence-electron chi connectivity index (χ4n) is 3.51. The highest BCUT2D eigenvalue weighted by Gasteiger charge is 2.36. The quantitative estimate of drug-likeness (QED) is 0.297. The highest BCUT2D eigenvalue weighted by Crippen LogP contribution is 2.40. The van der Waals surface area contributed by atoms with E-state index in [1.165, 1.54) is 47.0 Å². The van der Waals surface area contributed by atoms with Crippen molar-refractivity contribution in [2.45, 2.75) is 12.8 Å². The van der Waals surface area contributed by atoms with Gasteiger partial charge in [-0.05, 0) is 35.9 Å². The minimum Gasteiger partial charge on any atom is -0.392 e. The van der Waals surface area contributed by atoms with Crippen molar-refractivity contribution in [1.82, 2.24) is 4.40 Å². The molecule has 170 valence electrons. The first-order valence-corrected chi connectivity index (χ1v) is 9.47. The van der Waals surface area contributed by atoms with E-state index in [9.17, 15) is 36.2 Å². The highest BCUT2D eigenvalue weighted by atomic mass is 19.4. The summed E-state index contributed by atoms with van der Waals surface area (Å²) in [5.41, 5.74) is -1.05. The van der Waals surface area contributed by atoms with Crippen LogP contribution in [-0.4, -0.2) is 15.4 Å². The Kier molecular flexibility index (Phi) is 5.62. The largest absolute Gasteiger partial charge is 0.418 e. The van der Waals surface area contributed by atoms with Gasteiger partial charge < -0.3 is 14.8 Å². The van der Waals surface area contributed by atoms with Gasteiger partial charge in [0.25, 0.3) is 5.91 Å². The fraction of sp³-hybridized carbons (Fsp3) is 0.0870. The molecular weight excluding hydrogens is 450 g/mol. The normalized spacial score (nSPS) is 11.7. The number of anilines is 1. The van der Waals surface area contributed by atoms with E-state index in [0.717, 1.165) is 6.07 Å². The zero-order chi connectivity index (χ0) is 23.9. The van der Waals surface area contributed by atoms with Crippen LogP contribution < -0.4 is 5.32 Å². The maximum atomic E-state index is 13.8. The van der Waals surface area contributed by atoms with Crippen molar-refractivity contribution in [2.75, 3.05) is 5.32 Å². The summed E-state index contributed by atoms with van der Waals surface area (Å²) in [5, 5.41) is 11.8. The minimum absolute atomic E-state index is 0.0957. The number of nitrogens with one attached hydrogen (secondary N) is 1. The summed E-state index contributed by atoms with van der Waals surface area (Å²) in [4.78, 5) is 12.2. The van der Waals surface area contributed by atoms with Gasteiger partial charge >= 0.3 is 6.18 Å². The number of pyridine rings is 1. The van der Waals surface area contributed by atoms with Gasteiger partial charge in [0.1, 0.15) is 5.82 Å². The predicted octanol–water partition coefficient (Wildman–Crippen LogP) is 5.79. The van der Waals surface area contributed by atoms with Crippen LogP contribution in [0.25, 0.3) is 16.8 Å². The number of hydrogen-bond acceptors (Lipinski definition) is 2. The molecule has 4 rings (SSSR count). The topological polar surface area (TPSA) is 53.7 Å². The molecule has 2 aromatic heterocycles. The number of hydrogen-bond donors (Lipinski definition) is 2. The lowest BCUT2D eigenvalue weighted by molar-refractivity contribution is -0.137. The molecule has 2 aromatic carbocycles. The molecule has 33 heavy (non-hydrogen) atoms. The van der Waals surface area contributed by atoms with Crippen molar-refractivity contribution in [1.29, 1.82) is 0 Å². The average Bonchev–Trinajstić information content (AvgIpc) is 3.17. The first kappa shape index (κ1) is 22.4. The number of amides is 1. The lowest BCUT2D eigenvalue weighted by Gasteiger charge is -2.12. The smallest absolute Gasteiger partial charge is 0.392 e. The minimum atomic E-state index is -4.68. The predicted molar refractivity (Wildman–Crippen MR) is 108 cm³/mol. The van der Waals surface area contributed by atoms with Gasteiger partial charge in [-0.2, -0.15) is 13.2 Å². The van der Waals surface area contributed by atoms with Crippen molar-refractivity contribution >= 4 is 17.1 Å². The molecule has 0 radical (unpaired) electrons. The number of aliphatic hydroxyl groups is 1. The first-order chi connectivity index (χ1) is 15.6. The number of halogens is 6. The molecule has 4 nitrogen and oxygen atoms in total. The zero-order valence-corrected chi connectivity index (χ0v) is 16.6. The third-order valence-corrected chi connectivity index (χ3v) is 5.04. The number of carbonyl (C=O) groups is 1. The maximum Gasteiger partial charge on any atom is 0.418 e. The number of fused-ring (bicyclic) bond motifs is 1. The van der Waals surface area contributed by atoms with E-state index in [1.807, 2.05) is 0 Å². The lowest BCUT2D eigenvalue weighted by atomic mass is 10.1. The molecule has 0 atom stereocenters. The molecule has 0 saturated carbocycles. The molecule has 0 fully saturated rings. The van der Waals surface area contributed by atoms with Gasteiger partial charge in [0.15, 0.2) is 11.6 Å². The van der Waals surface area contributed by atoms with E-state index >= 15 is 0 Å². The van der Waals surface area contributed by atoms with Crippen LogP contribution in [0, 0.1) is 17.5 Å². The van der Waals surface area contributed by atoms with E-state index in [-0.39, 0.29) is 28.5 Å². The van der Waals surface area contributed by atoms with E-state index in [4.69, 9.17) is 0 Å². The van der Waals surface area contributed by atoms with Gasteiger partial charge in [0.05, 0.1) is 28.9 Å². The summed E-state index contributed by atoms with van der Waals surface area (Å²) in [5.74, 6) is -5.18. The molecule has 4 aromatic rings. The van der Waals surface area contributed by atoms with Crippen LogP contribution in [0.15, 0.2) is 60.8 Å². The van der Waals surface area contributed by atoms with Gasteiger partial charge in [-0.15, -0.1) is 0 Å². The zero-order valence-electron chi connectivity index (χ0n) is 16.6. The number of rotatable bonds is 4. The Labute approximate surface area is 182 Å². The second-order valence-corrected chi connectivity index (χ2v) is 7.13. The number of benzene rings is 2. The van der Waals surface area contributed by atoms with Crippen LogP contribution in [0.2, 0.25) is 0 Å². The van der Waals surface area contributed by atoms with Gasteiger partial charge in [-0.1, -0.05) is 18.2 Å². The average molecular weight is 464 g/mol. The second-order valence-electron chi connectivity index (χ2n) is 7.13. The summed E-state index contributed by atoms with van der Waals surface area (Å²) in [7, 11) is 0. The van der Waals surface area contributed by atoms with E-state index in [1.54, 1.807) is 0 Å². The van der Waals surface area contributed by atoms with Crippen LogP contribution in [0.5, 0.6) is 0 Å². The van der Waals surface area contributed by atoms with Crippen LogP contribution in [0.3, 0.4) is 0 Å². The maximum absolute atomic E-state index is 13.8. The van der Waals surface area contributed by atoms with Crippen molar-refractivity contribution in [3.05, 3.63) is 94.9 Å². The summed E-state index contributed by atoms with van der Waals surface area (Å²) in [6, 6.07) is 9.84. The number of aliphatic hydroxyl groups excluding tert-OH is 1. The Morgan fingerprint density at radius 3 is 2.24 bits per heavy atom. The Morgan fingerprint density at radius 2 is 1.61 bits per heavy atom. The number of alkyl halides is 3. The summed E-state index contributed by atoms with van der Waals surface area (Å²) in [6.45, 7) is -0.448. The van der Waals surface area contributed by atoms with Gasteiger partial charge in [0.2, 0.25) is 0 Å². The third-order valence-electron chi connectivity index (χ3n) is 5.04. The second kappa shape index (κ2) is 8.28. The molecule has 1 amide bonds. The standard InChI is InChI=1S/C23H14F6N2O2/c24-17-10-19(26)18(25)8-15(17)22(33)30-14-5-3-12(4-6-14)21-16(23(27,28)29)9-20-13(11-32)2-1-7-31(20)21/h1-10,32H,11H2,(H,30,33). The molecule has 0 spiro atoms. The number of nitrogens with zero attached hydrogens (tertiary/aromatic N) is 1. The Morgan fingerprint density at radius 1 is 0.939 bits per heavy atom. The van der Waals surface area contributed by atoms with E-state index < -0.39 is 47.3 Å². The Bertz CT molecular complexity index is 1360. The van der Waals surface area contributed by atoms with E-state index in [2.05, 4.69) is 5.32 Å². The number of aromatic nitrogens is 1. The van der Waals surface area contributed by atoms with Crippen molar-refractivity contribution in [3.8, 4) is 11.3 Å². The van der Waals surface area contributed by atoms with Crippen molar-refractivity contribution in [2.24, 2.45) is 0 Å².